The van der Waals surface area contributed by atoms with Gasteiger partial charge in [-0.3, -0.25) is 0 Å². The molecule has 0 aromatic heterocycles. The fourth-order valence-corrected chi connectivity index (χ4v) is 0.891. The number of benzene rings is 1. The number of hydrogen-bond donors (Lipinski definition) is 1. The van der Waals surface area contributed by atoms with E-state index in [1.165, 1.54) is 0 Å². The van der Waals surface area contributed by atoms with Crippen molar-refractivity contribution in [3.8, 4) is 5.75 Å². The van der Waals surface area contributed by atoms with E-state index in [0.717, 1.165) is 11.4 Å². The fraction of sp³-hybridized carbons (Fsp3) is 0.200. The van der Waals surface area contributed by atoms with E-state index >= 15 is 0 Å². The first-order valence-corrected chi connectivity index (χ1v) is 3.83. The molecular formula is C10H13NO. The predicted octanol–water partition coefficient (Wildman–Crippen LogP) is 2.64. The monoisotopic (exact) mass is 163 g/mol. The number of anilines is 1. The molecule has 0 bridgehead atoms. The van der Waals surface area contributed by atoms with Gasteiger partial charge in [0, 0.05) is 12.7 Å². The molecule has 0 heterocycles. The minimum Gasteiger partial charge on any atom is -0.463 e. The minimum absolute atomic E-state index is 0.701. The molecule has 0 aliphatic heterocycles. The van der Waals surface area contributed by atoms with Crippen molar-refractivity contribution in [3.05, 3.63) is 36.6 Å². The van der Waals surface area contributed by atoms with Gasteiger partial charge in [0.15, 0.2) is 0 Å². The van der Waals surface area contributed by atoms with Gasteiger partial charge >= 0.3 is 0 Å². The van der Waals surface area contributed by atoms with E-state index in [1.54, 1.807) is 0 Å². The van der Waals surface area contributed by atoms with Crippen LogP contribution in [0.25, 0.3) is 0 Å². The van der Waals surface area contributed by atoms with E-state index in [-0.39, 0.29) is 0 Å². The zero-order valence-electron chi connectivity index (χ0n) is 7.42. The SMILES string of the molecule is C=C(C)Oc1ccc(NC)cc1. The molecule has 0 amide bonds. The fourth-order valence-electron chi connectivity index (χ4n) is 0.891. The van der Waals surface area contributed by atoms with Crippen LogP contribution in [0.5, 0.6) is 5.75 Å². The molecule has 0 spiro atoms. The quantitative estimate of drug-likeness (QED) is 0.691. The third kappa shape index (κ3) is 2.31. The van der Waals surface area contributed by atoms with E-state index in [9.17, 15) is 0 Å². The van der Waals surface area contributed by atoms with Crippen LogP contribution in [0.15, 0.2) is 36.6 Å². The molecule has 0 fully saturated rings. The van der Waals surface area contributed by atoms with Crippen molar-refractivity contribution in [3.63, 3.8) is 0 Å². The maximum Gasteiger partial charge on any atom is 0.127 e. The highest BCUT2D eigenvalue weighted by Crippen LogP contribution is 2.16. The number of ether oxygens (including phenoxy) is 1. The maximum absolute atomic E-state index is 5.29. The average molecular weight is 163 g/mol. The molecular weight excluding hydrogens is 150 g/mol. The first-order valence-electron chi connectivity index (χ1n) is 3.83. The molecule has 12 heavy (non-hydrogen) atoms. The van der Waals surface area contributed by atoms with Gasteiger partial charge in [0.05, 0.1) is 5.76 Å². The molecule has 2 heteroatoms. The molecule has 0 aliphatic carbocycles. The first kappa shape index (κ1) is 8.65. The summed E-state index contributed by atoms with van der Waals surface area (Å²) >= 11 is 0. The Morgan fingerprint density at radius 1 is 1.33 bits per heavy atom. The number of nitrogens with one attached hydrogen (secondary N) is 1. The molecule has 0 atom stereocenters. The summed E-state index contributed by atoms with van der Waals surface area (Å²) in [5.41, 5.74) is 1.07. The van der Waals surface area contributed by atoms with Crippen molar-refractivity contribution in [1.82, 2.24) is 0 Å². The Bertz CT molecular complexity index is 264. The number of hydrogen-bond acceptors (Lipinski definition) is 2. The summed E-state index contributed by atoms with van der Waals surface area (Å²) in [6, 6.07) is 7.72. The first-order chi connectivity index (χ1) is 5.72. The molecule has 0 saturated carbocycles. The van der Waals surface area contributed by atoms with Gasteiger partial charge in [-0.25, -0.2) is 0 Å². The summed E-state index contributed by atoms with van der Waals surface area (Å²) in [4.78, 5) is 0. The Hall–Kier alpha value is -1.44. The smallest absolute Gasteiger partial charge is 0.127 e. The Morgan fingerprint density at radius 3 is 2.33 bits per heavy atom. The van der Waals surface area contributed by atoms with Gasteiger partial charge in [-0.15, -0.1) is 0 Å². The Morgan fingerprint density at radius 2 is 1.92 bits per heavy atom. The van der Waals surface area contributed by atoms with Crippen molar-refractivity contribution in [2.24, 2.45) is 0 Å². The van der Waals surface area contributed by atoms with Crippen LogP contribution in [0.3, 0.4) is 0 Å². The van der Waals surface area contributed by atoms with Crippen LogP contribution >= 0.6 is 0 Å². The number of rotatable bonds is 3. The molecule has 1 aromatic rings. The van der Waals surface area contributed by atoms with Crippen molar-refractivity contribution in [2.45, 2.75) is 6.92 Å². The second-order valence-electron chi connectivity index (χ2n) is 2.58. The van der Waals surface area contributed by atoms with Gasteiger partial charge in [-0.2, -0.15) is 0 Å². The normalized spacial score (nSPS) is 9.17. The van der Waals surface area contributed by atoms with Crippen LogP contribution in [0.4, 0.5) is 5.69 Å². The van der Waals surface area contributed by atoms with Gasteiger partial charge in [0.25, 0.3) is 0 Å². The van der Waals surface area contributed by atoms with Crippen LogP contribution in [0.1, 0.15) is 6.92 Å². The van der Waals surface area contributed by atoms with E-state index in [1.807, 2.05) is 38.2 Å². The maximum atomic E-state index is 5.29. The lowest BCUT2D eigenvalue weighted by atomic mass is 10.3. The van der Waals surface area contributed by atoms with Gasteiger partial charge in [-0.05, 0) is 31.2 Å². The Labute approximate surface area is 72.9 Å². The summed E-state index contributed by atoms with van der Waals surface area (Å²) < 4.78 is 5.29. The summed E-state index contributed by atoms with van der Waals surface area (Å²) in [6.45, 7) is 5.48. The largest absolute Gasteiger partial charge is 0.463 e. The average Bonchev–Trinajstić information content (AvgIpc) is 2.05. The van der Waals surface area contributed by atoms with Gasteiger partial charge in [0.2, 0.25) is 0 Å². The van der Waals surface area contributed by atoms with Crippen LogP contribution in [0, 0.1) is 0 Å². The zero-order chi connectivity index (χ0) is 8.97. The van der Waals surface area contributed by atoms with Crippen LogP contribution < -0.4 is 10.1 Å². The third-order valence-electron chi connectivity index (χ3n) is 1.44. The topological polar surface area (TPSA) is 21.3 Å². The molecule has 0 radical (unpaired) electrons. The lowest BCUT2D eigenvalue weighted by molar-refractivity contribution is 0.430. The summed E-state index contributed by atoms with van der Waals surface area (Å²) in [5.74, 6) is 1.52. The van der Waals surface area contributed by atoms with Gasteiger partial charge < -0.3 is 10.1 Å². The van der Waals surface area contributed by atoms with Crippen LogP contribution in [-0.4, -0.2) is 7.05 Å². The number of allylic oxidation sites excluding steroid dienone is 1. The van der Waals surface area contributed by atoms with E-state index in [4.69, 9.17) is 4.74 Å². The Balaban J connectivity index is 2.71. The summed E-state index contributed by atoms with van der Waals surface area (Å²) in [7, 11) is 1.88. The lowest BCUT2D eigenvalue weighted by Gasteiger charge is -2.04. The van der Waals surface area contributed by atoms with E-state index in [2.05, 4.69) is 11.9 Å². The van der Waals surface area contributed by atoms with E-state index < -0.39 is 0 Å². The third-order valence-corrected chi connectivity index (χ3v) is 1.44. The van der Waals surface area contributed by atoms with Crippen LogP contribution in [0.2, 0.25) is 0 Å². The standard InChI is InChI=1S/C10H13NO/c1-8(2)12-10-6-4-9(11-3)5-7-10/h4-7,11H,1H2,2-3H3. The van der Waals surface area contributed by atoms with Gasteiger partial charge in [0.1, 0.15) is 5.75 Å². The second kappa shape index (κ2) is 3.81. The predicted molar refractivity (Wildman–Crippen MR) is 51.4 cm³/mol. The lowest BCUT2D eigenvalue weighted by Crippen LogP contribution is -1.90. The summed E-state index contributed by atoms with van der Waals surface area (Å²) in [5, 5.41) is 3.03. The minimum atomic E-state index is 0.701. The molecule has 1 aromatic carbocycles. The molecule has 2 nitrogen and oxygen atoms in total. The van der Waals surface area contributed by atoms with Crippen molar-refractivity contribution >= 4 is 5.69 Å². The molecule has 0 saturated heterocycles. The highest BCUT2D eigenvalue weighted by molar-refractivity contribution is 5.45. The molecule has 1 N–H and O–H groups in total. The van der Waals surface area contributed by atoms with Crippen molar-refractivity contribution in [2.75, 3.05) is 12.4 Å². The molecule has 1 rings (SSSR count). The molecule has 0 aliphatic rings. The zero-order valence-corrected chi connectivity index (χ0v) is 7.42. The van der Waals surface area contributed by atoms with E-state index in [0.29, 0.717) is 5.76 Å². The summed E-state index contributed by atoms with van der Waals surface area (Å²) in [6.07, 6.45) is 0. The van der Waals surface area contributed by atoms with Gasteiger partial charge in [-0.1, -0.05) is 6.58 Å². The van der Waals surface area contributed by atoms with Crippen molar-refractivity contribution in [1.29, 1.82) is 0 Å². The van der Waals surface area contributed by atoms with Crippen LogP contribution in [-0.2, 0) is 0 Å². The highest BCUT2D eigenvalue weighted by Gasteiger charge is 1.92. The molecule has 64 valence electrons. The Kier molecular flexibility index (Phi) is 2.75. The van der Waals surface area contributed by atoms with Crippen molar-refractivity contribution < 1.29 is 4.74 Å². The highest BCUT2D eigenvalue weighted by atomic mass is 16.5. The molecule has 0 unspecified atom stereocenters. The second-order valence-corrected chi connectivity index (χ2v) is 2.58.